The van der Waals surface area contributed by atoms with Gasteiger partial charge in [-0.15, -0.1) is 11.3 Å². The lowest BCUT2D eigenvalue weighted by Crippen LogP contribution is -2.43. The summed E-state index contributed by atoms with van der Waals surface area (Å²) in [6, 6.07) is 9.89. The van der Waals surface area contributed by atoms with Gasteiger partial charge in [-0.05, 0) is 35.6 Å². The number of ether oxygens (including phenoxy) is 1. The summed E-state index contributed by atoms with van der Waals surface area (Å²) >= 11 is 1.29. The Balaban J connectivity index is 1.88. The summed E-state index contributed by atoms with van der Waals surface area (Å²) in [7, 11) is 1.56. The fraction of sp³-hybridized carbons (Fsp3) is 0.278. The summed E-state index contributed by atoms with van der Waals surface area (Å²) in [5, 5.41) is 4.55. The molecule has 3 amide bonds. The van der Waals surface area contributed by atoms with Crippen LogP contribution in [0.25, 0.3) is 0 Å². The zero-order valence-corrected chi connectivity index (χ0v) is 14.8. The van der Waals surface area contributed by atoms with Gasteiger partial charge < -0.3 is 10.1 Å². The predicted octanol–water partition coefficient (Wildman–Crippen LogP) is 2.80. The molecule has 1 atom stereocenters. The Labute approximate surface area is 149 Å². The number of amides is 3. The first-order chi connectivity index (χ1) is 12.0. The van der Waals surface area contributed by atoms with Crippen molar-refractivity contribution in [2.45, 2.75) is 18.9 Å². The number of nitrogens with one attached hydrogen (secondary N) is 1. The van der Waals surface area contributed by atoms with Crippen LogP contribution in [-0.2, 0) is 10.3 Å². The van der Waals surface area contributed by atoms with Crippen LogP contribution in [0.4, 0.5) is 4.79 Å². The highest BCUT2D eigenvalue weighted by Gasteiger charge is 2.51. The van der Waals surface area contributed by atoms with Crippen LogP contribution in [0.5, 0.6) is 5.75 Å². The molecule has 0 aliphatic carbocycles. The van der Waals surface area contributed by atoms with Gasteiger partial charge in [-0.3, -0.25) is 14.5 Å². The lowest BCUT2D eigenvalue weighted by molar-refractivity contribution is -0.131. The highest BCUT2D eigenvalue weighted by Crippen LogP contribution is 2.33. The summed E-state index contributed by atoms with van der Waals surface area (Å²) in [5.74, 6) is 0.00621. The number of benzene rings is 1. The van der Waals surface area contributed by atoms with E-state index in [0.717, 1.165) is 4.90 Å². The van der Waals surface area contributed by atoms with Crippen molar-refractivity contribution in [1.29, 1.82) is 0 Å². The molecule has 6 nitrogen and oxygen atoms in total. The monoisotopic (exact) mass is 358 g/mol. The maximum atomic E-state index is 13.0. The van der Waals surface area contributed by atoms with Gasteiger partial charge in [0.2, 0.25) is 0 Å². The zero-order chi connectivity index (χ0) is 18.0. The fourth-order valence-electron chi connectivity index (χ4n) is 2.94. The maximum Gasteiger partial charge on any atom is 0.325 e. The first-order valence-corrected chi connectivity index (χ1v) is 8.75. The Hall–Kier alpha value is -2.67. The molecule has 7 heteroatoms. The average Bonchev–Trinajstić information content (AvgIpc) is 3.25. The van der Waals surface area contributed by atoms with E-state index in [1.54, 1.807) is 48.9 Å². The standard InChI is InChI=1S/C18H18N2O4S/c1-3-18(12-6-8-13(24-2)9-7-12)16(22)20(17(23)19-18)11-14(21)15-5-4-10-25-15/h4-10H,3,11H2,1-2H3,(H,19,23)/t18-/m0/s1. The minimum absolute atomic E-state index is 0.250. The van der Waals surface area contributed by atoms with Gasteiger partial charge in [0.1, 0.15) is 11.3 Å². The van der Waals surface area contributed by atoms with Gasteiger partial charge in [-0.25, -0.2) is 4.79 Å². The lowest BCUT2D eigenvalue weighted by atomic mass is 9.87. The maximum absolute atomic E-state index is 13.0. The second-order valence-corrected chi connectivity index (χ2v) is 6.66. The quantitative estimate of drug-likeness (QED) is 0.636. The summed E-state index contributed by atoms with van der Waals surface area (Å²) in [4.78, 5) is 39.2. The molecule has 1 N–H and O–H groups in total. The Bertz CT molecular complexity index is 801. The van der Waals surface area contributed by atoms with Crippen LogP contribution < -0.4 is 10.1 Å². The summed E-state index contributed by atoms with van der Waals surface area (Å²) in [6.45, 7) is 1.57. The molecule has 130 valence electrons. The molecule has 2 aromatic rings. The lowest BCUT2D eigenvalue weighted by Gasteiger charge is -2.25. The number of carbonyl (C=O) groups is 3. The molecule has 1 saturated heterocycles. The first-order valence-electron chi connectivity index (χ1n) is 7.87. The molecule has 1 aromatic carbocycles. The number of thiophene rings is 1. The van der Waals surface area contributed by atoms with Crippen LogP contribution >= 0.6 is 11.3 Å². The molecule has 0 radical (unpaired) electrons. The Morgan fingerprint density at radius 2 is 1.96 bits per heavy atom. The number of methoxy groups -OCH3 is 1. The number of urea groups is 1. The normalized spacial score (nSPS) is 19.8. The van der Waals surface area contributed by atoms with Crippen LogP contribution in [-0.4, -0.2) is 36.3 Å². The van der Waals surface area contributed by atoms with Gasteiger partial charge in [-0.2, -0.15) is 0 Å². The predicted molar refractivity (Wildman–Crippen MR) is 93.9 cm³/mol. The van der Waals surface area contributed by atoms with Crippen LogP contribution in [0.3, 0.4) is 0 Å². The SMILES string of the molecule is CC[C@@]1(c2ccc(OC)cc2)NC(=O)N(CC(=O)c2cccs2)C1=O. The highest BCUT2D eigenvalue weighted by molar-refractivity contribution is 7.12. The van der Waals surface area contributed by atoms with Gasteiger partial charge in [0, 0.05) is 0 Å². The molecule has 1 aliphatic heterocycles. The number of imide groups is 1. The zero-order valence-electron chi connectivity index (χ0n) is 13.9. The Kier molecular flexibility index (Phi) is 4.59. The molecule has 0 unspecified atom stereocenters. The number of hydrogen-bond donors (Lipinski definition) is 1. The molecule has 2 heterocycles. The van der Waals surface area contributed by atoms with Crippen molar-refractivity contribution in [1.82, 2.24) is 10.2 Å². The van der Waals surface area contributed by atoms with Gasteiger partial charge >= 0.3 is 6.03 Å². The number of rotatable bonds is 6. The van der Waals surface area contributed by atoms with Crippen molar-refractivity contribution in [3.8, 4) is 5.75 Å². The van der Waals surface area contributed by atoms with Crippen molar-refractivity contribution >= 4 is 29.1 Å². The second-order valence-electron chi connectivity index (χ2n) is 5.71. The van der Waals surface area contributed by atoms with Crippen molar-refractivity contribution in [3.05, 3.63) is 52.2 Å². The fourth-order valence-corrected chi connectivity index (χ4v) is 3.60. The number of Topliss-reactive ketones (excluding diaryl/α,β-unsaturated/α-hetero) is 1. The van der Waals surface area contributed by atoms with E-state index in [1.807, 2.05) is 6.92 Å². The third-order valence-corrected chi connectivity index (χ3v) is 5.30. The van der Waals surface area contributed by atoms with Crippen LogP contribution in [0.1, 0.15) is 28.6 Å². The van der Waals surface area contributed by atoms with Gasteiger partial charge in [0.25, 0.3) is 5.91 Å². The molecule has 0 saturated carbocycles. The Morgan fingerprint density at radius 3 is 2.52 bits per heavy atom. The van der Waals surface area contributed by atoms with Gasteiger partial charge in [0.05, 0.1) is 18.5 Å². The van der Waals surface area contributed by atoms with Gasteiger partial charge in [-0.1, -0.05) is 25.1 Å². The number of carbonyl (C=O) groups excluding carboxylic acids is 3. The number of ketones is 1. The summed E-state index contributed by atoms with van der Waals surface area (Å²) in [6.07, 6.45) is 0.383. The topological polar surface area (TPSA) is 75.7 Å². The third kappa shape index (κ3) is 2.91. The van der Waals surface area contributed by atoms with E-state index in [9.17, 15) is 14.4 Å². The van der Waals surface area contributed by atoms with E-state index in [4.69, 9.17) is 4.74 Å². The molecule has 1 fully saturated rings. The Morgan fingerprint density at radius 1 is 1.24 bits per heavy atom. The molecular formula is C18H18N2O4S. The van der Waals surface area contributed by atoms with E-state index in [-0.39, 0.29) is 12.3 Å². The summed E-state index contributed by atoms with van der Waals surface area (Å²) < 4.78 is 5.14. The molecule has 1 aromatic heterocycles. The summed E-state index contributed by atoms with van der Waals surface area (Å²) in [5.41, 5.74) is -0.487. The molecule has 3 rings (SSSR count). The second kappa shape index (κ2) is 6.68. The van der Waals surface area contributed by atoms with E-state index in [0.29, 0.717) is 22.6 Å². The minimum atomic E-state index is -1.15. The largest absolute Gasteiger partial charge is 0.497 e. The van der Waals surface area contributed by atoms with Crippen LogP contribution in [0, 0.1) is 0 Å². The van der Waals surface area contributed by atoms with Crippen LogP contribution in [0.2, 0.25) is 0 Å². The van der Waals surface area contributed by atoms with Gasteiger partial charge in [0.15, 0.2) is 5.78 Å². The molecular weight excluding hydrogens is 340 g/mol. The smallest absolute Gasteiger partial charge is 0.325 e. The van der Waals surface area contributed by atoms with Crippen molar-refractivity contribution < 1.29 is 19.1 Å². The van der Waals surface area contributed by atoms with Crippen molar-refractivity contribution in [3.63, 3.8) is 0 Å². The van der Waals surface area contributed by atoms with Crippen molar-refractivity contribution in [2.24, 2.45) is 0 Å². The average molecular weight is 358 g/mol. The molecule has 1 aliphatic rings. The number of hydrogen-bond acceptors (Lipinski definition) is 5. The highest BCUT2D eigenvalue weighted by atomic mass is 32.1. The van der Waals surface area contributed by atoms with E-state index in [1.165, 1.54) is 11.3 Å². The van der Waals surface area contributed by atoms with Crippen LogP contribution in [0.15, 0.2) is 41.8 Å². The molecule has 25 heavy (non-hydrogen) atoms. The van der Waals surface area contributed by atoms with E-state index >= 15 is 0 Å². The first kappa shape index (κ1) is 17.2. The third-order valence-electron chi connectivity index (χ3n) is 4.39. The van der Waals surface area contributed by atoms with E-state index in [2.05, 4.69) is 5.32 Å². The molecule has 0 spiro atoms. The van der Waals surface area contributed by atoms with E-state index < -0.39 is 17.5 Å². The van der Waals surface area contributed by atoms with Crippen molar-refractivity contribution in [2.75, 3.05) is 13.7 Å². The minimum Gasteiger partial charge on any atom is -0.497 e. The molecule has 0 bridgehead atoms. The number of nitrogens with zero attached hydrogens (tertiary/aromatic N) is 1.